The molecular formula is C12H14O. The zero-order valence-electron chi connectivity index (χ0n) is 7.86. The first-order valence-corrected chi connectivity index (χ1v) is 4.87. The molecule has 0 aromatic heterocycles. The minimum absolute atomic E-state index is 0.557. The second-order valence-electron chi connectivity index (χ2n) is 3.87. The Morgan fingerprint density at radius 3 is 2.69 bits per heavy atom. The standard InChI is InChI=1S/C12H14O/c1-9(10-6-7-10)12-5-3-2-4-11(12)8-13/h2-5,8-10H,6-7H2,1H3. The number of benzene rings is 1. The van der Waals surface area contributed by atoms with Crippen LogP contribution in [0.5, 0.6) is 0 Å². The van der Waals surface area contributed by atoms with E-state index in [1.165, 1.54) is 18.4 Å². The number of aldehydes is 1. The lowest BCUT2D eigenvalue weighted by Crippen LogP contribution is -1.99. The van der Waals surface area contributed by atoms with Crippen LogP contribution >= 0.6 is 0 Å². The van der Waals surface area contributed by atoms with Gasteiger partial charge in [-0.1, -0.05) is 31.2 Å². The van der Waals surface area contributed by atoms with Crippen molar-refractivity contribution in [2.75, 3.05) is 0 Å². The van der Waals surface area contributed by atoms with Gasteiger partial charge in [0.15, 0.2) is 0 Å². The van der Waals surface area contributed by atoms with Gasteiger partial charge in [-0.15, -0.1) is 0 Å². The van der Waals surface area contributed by atoms with Crippen molar-refractivity contribution in [1.29, 1.82) is 0 Å². The van der Waals surface area contributed by atoms with Crippen molar-refractivity contribution in [2.45, 2.75) is 25.7 Å². The highest BCUT2D eigenvalue weighted by molar-refractivity contribution is 5.77. The van der Waals surface area contributed by atoms with Gasteiger partial charge in [0, 0.05) is 5.56 Å². The summed E-state index contributed by atoms with van der Waals surface area (Å²) in [5.74, 6) is 1.38. The average molecular weight is 174 g/mol. The summed E-state index contributed by atoms with van der Waals surface area (Å²) in [4.78, 5) is 10.8. The van der Waals surface area contributed by atoms with Crippen molar-refractivity contribution >= 4 is 6.29 Å². The lowest BCUT2D eigenvalue weighted by molar-refractivity contribution is 0.112. The third-order valence-corrected chi connectivity index (χ3v) is 2.94. The Balaban J connectivity index is 2.31. The molecule has 1 nitrogen and oxygen atoms in total. The van der Waals surface area contributed by atoms with Gasteiger partial charge in [-0.2, -0.15) is 0 Å². The summed E-state index contributed by atoms with van der Waals surface area (Å²) < 4.78 is 0. The minimum atomic E-state index is 0.557. The molecular weight excluding hydrogens is 160 g/mol. The van der Waals surface area contributed by atoms with Crippen LogP contribution in [0.4, 0.5) is 0 Å². The second kappa shape index (κ2) is 3.33. The molecule has 1 aromatic carbocycles. The lowest BCUT2D eigenvalue weighted by Gasteiger charge is -2.12. The summed E-state index contributed by atoms with van der Waals surface area (Å²) in [6, 6.07) is 7.92. The van der Waals surface area contributed by atoms with E-state index in [9.17, 15) is 4.79 Å². The molecule has 1 atom stereocenters. The summed E-state index contributed by atoms with van der Waals surface area (Å²) >= 11 is 0. The van der Waals surface area contributed by atoms with E-state index in [1.807, 2.05) is 18.2 Å². The quantitative estimate of drug-likeness (QED) is 0.644. The highest BCUT2D eigenvalue weighted by atomic mass is 16.1. The number of carbonyl (C=O) groups is 1. The number of rotatable bonds is 3. The van der Waals surface area contributed by atoms with Crippen molar-refractivity contribution in [2.24, 2.45) is 5.92 Å². The van der Waals surface area contributed by atoms with E-state index in [0.29, 0.717) is 5.92 Å². The maximum atomic E-state index is 10.8. The third kappa shape index (κ3) is 1.64. The molecule has 0 saturated heterocycles. The molecule has 0 spiro atoms. The molecule has 0 N–H and O–H groups in total. The zero-order chi connectivity index (χ0) is 9.26. The van der Waals surface area contributed by atoms with Gasteiger partial charge in [-0.25, -0.2) is 0 Å². The molecule has 1 saturated carbocycles. The van der Waals surface area contributed by atoms with Crippen LogP contribution in [0.2, 0.25) is 0 Å². The van der Waals surface area contributed by atoms with E-state index in [-0.39, 0.29) is 0 Å². The molecule has 0 heterocycles. The highest BCUT2D eigenvalue weighted by Gasteiger charge is 2.29. The fraction of sp³-hybridized carbons (Fsp3) is 0.417. The van der Waals surface area contributed by atoms with E-state index in [0.717, 1.165) is 17.8 Å². The summed E-state index contributed by atoms with van der Waals surface area (Å²) in [7, 11) is 0. The van der Waals surface area contributed by atoms with Crippen molar-refractivity contribution in [1.82, 2.24) is 0 Å². The van der Waals surface area contributed by atoms with Gasteiger partial charge >= 0.3 is 0 Å². The van der Waals surface area contributed by atoms with Gasteiger partial charge in [0.2, 0.25) is 0 Å². The molecule has 1 aliphatic rings. The van der Waals surface area contributed by atoms with Crippen molar-refractivity contribution in [3.63, 3.8) is 0 Å². The molecule has 0 bridgehead atoms. The maximum Gasteiger partial charge on any atom is 0.150 e. The summed E-state index contributed by atoms with van der Waals surface area (Å²) in [5, 5.41) is 0. The van der Waals surface area contributed by atoms with E-state index in [2.05, 4.69) is 13.0 Å². The molecule has 13 heavy (non-hydrogen) atoms. The number of hydrogen-bond donors (Lipinski definition) is 0. The van der Waals surface area contributed by atoms with Crippen LogP contribution in [0.1, 0.15) is 41.6 Å². The fourth-order valence-electron chi connectivity index (χ4n) is 1.88. The van der Waals surface area contributed by atoms with E-state index in [1.54, 1.807) is 0 Å². The summed E-state index contributed by atoms with van der Waals surface area (Å²) in [6.45, 7) is 2.22. The predicted octanol–water partition coefficient (Wildman–Crippen LogP) is 3.01. The first kappa shape index (κ1) is 8.49. The molecule has 0 radical (unpaired) electrons. The minimum Gasteiger partial charge on any atom is -0.298 e. The number of carbonyl (C=O) groups excluding carboxylic acids is 1. The van der Waals surface area contributed by atoms with Gasteiger partial charge in [-0.05, 0) is 30.2 Å². The molecule has 1 aliphatic carbocycles. The van der Waals surface area contributed by atoms with Crippen LogP contribution in [-0.4, -0.2) is 6.29 Å². The Labute approximate surface area is 78.8 Å². The zero-order valence-corrected chi connectivity index (χ0v) is 7.86. The summed E-state index contributed by atoms with van der Waals surface area (Å²) in [6.07, 6.45) is 3.62. The van der Waals surface area contributed by atoms with Crippen LogP contribution in [0.15, 0.2) is 24.3 Å². The topological polar surface area (TPSA) is 17.1 Å². The van der Waals surface area contributed by atoms with Crippen LogP contribution in [0, 0.1) is 5.92 Å². The van der Waals surface area contributed by atoms with Crippen molar-refractivity contribution < 1.29 is 4.79 Å². The smallest absolute Gasteiger partial charge is 0.150 e. The van der Waals surface area contributed by atoms with Gasteiger partial charge in [-0.3, -0.25) is 4.79 Å². The van der Waals surface area contributed by atoms with E-state index in [4.69, 9.17) is 0 Å². The van der Waals surface area contributed by atoms with Crippen molar-refractivity contribution in [3.8, 4) is 0 Å². The first-order valence-electron chi connectivity index (χ1n) is 4.87. The van der Waals surface area contributed by atoms with Gasteiger partial charge in [0.05, 0.1) is 0 Å². The van der Waals surface area contributed by atoms with Crippen LogP contribution in [-0.2, 0) is 0 Å². The van der Waals surface area contributed by atoms with Crippen molar-refractivity contribution in [3.05, 3.63) is 35.4 Å². The third-order valence-electron chi connectivity index (χ3n) is 2.94. The SMILES string of the molecule is CC(c1ccccc1C=O)C1CC1. The first-order chi connectivity index (χ1) is 6.33. The van der Waals surface area contributed by atoms with E-state index >= 15 is 0 Å². The summed E-state index contributed by atoms with van der Waals surface area (Å²) in [5.41, 5.74) is 2.09. The Morgan fingerprint density at radius 1 is 1.38 bits per heavy atom. The second-order valence-corrected chi connectivity index (χ2v) is 3.87. The molecule has 0 aliphatic heterocycles. The Bertz CT molecular complexity index is 313. The molecule has 1 unspecified atom stereocenters. The molecule has 1 aromatic rings. The van der Waals surface area contributed by atoms with Gasteiger partial charge < -0.3 is 0 Å². The normalized spacial score (nSPS) is 18.2. The monoisotopic (exact) mass is 174 g/mol. The molecule has 1 fully saturated rings. The average Bonchev–Trinajstić information content (AvgIpc) is 3.00. The van der Waals surface area contributed by atoms with Crippen LogP contribution < -0.4 is 0 Å². The highest BCUT2D eigenvalue weighted by Crippen LogP contribution is 2.42. The number of hydrogen-bond acceptors (Lipinski definition) is 1. The van der Waals surface area contributed by atoms with Gasteiger partial charge in [0.1, 0.15) is 6.29 Å². The molecule has 0 amide bonds. The molecule has 1 heteroatoms. The van der Waals surface area contributed by atoms with Crippen LogP contribution in [0.3, 0.4) is 0 Å². The Kier molecular flexibility index (Phi) is 2.17. The largest absolute Gasteiger partial charge is 0.298 e. The Hall–Kier alpha value is -1.11. The molecule has 68 valence electrons. The van der Waals surface area contributed by atoms with E-state index < -0.39 is 0 Å². The molecule has 2 rings (SSSR count). The Morgan fingerprint density at radius 2 is 2.08 bits per heavy atom. The maximum absolute atomic E-state index is 10.8. The fourth-order valence-corrected chi connectivity index (χ4v) is 1.88. The predicted molar refractivity (Wildman–Crippen MR) is 53.0 cm³/mol. The van der Waals surface area contributed by atoms with Gasteiger partial charge in [0.25, 0.3) is 0 Å². The lowest BCUT2D eigenvalue weighted by atomic mass is 9.92. The van der Waals surface area contributed by atoms with Crippen LogP contribution in [0.25, 0.3) is 0 Å².